The monoisotopic (exact) mass is 332 g/mol. The fourth-order valence-electron chi connectivity index (χ4n) is 2.02. The second-order valence-corrected chi connectivity index (χ2v) is 5.49. The van der Waals surface area contributed by atoms with Gasteiger partial charge in [0.25, 0.3) is 0 Å². The zero-order valence-electron chi connectivity index (χ0n) is 13.1. The molecule has 0 aliphatic carbocycles. The van der Waals surface area contributed by atoms with Crippen LogP contribution in [0.5, 0.6) is 5.75 Å². The molecule has 2 aromatic rings. The Morgan fingerprint density at radius 3 is 2.39 bits per heavy atom. The highest BCUT2D eigenvalue weighted by Gasteiger charge is 2.17. The maximum Gasteiger partial charge on any atom is 0.314 e. The number of nitrogens with one attached hydrogen (secondary N) is 2. The Hall–Kier alpha value is -2.53. The van der Waals surface area contributed by atoms with Gasteiger partial charge in [0.1, 0.15) is 5.75 Å². The molecule has 0 saturated heterocycles. The number of anilines is 2. The summed E-state index contributed by atoms with van der Waals surface area (Å²) in [5, 5.41) is 5.60. The van der Waals surface area contributed by atoms with Crippen LogP contribution in [0, 0.1) is 13.8 Å². The van der Waals surface area contributed by atoms with Crippen molar-refractivity contribution in [1.29, 1.82) is 0 Å². The highest BCUT2D eigenvalue weighted by molar-refractivity contribution is 6.43. The Labute approximate surface area is 139 Å². The second-order valence-electron chi connectivity index (χ2n) is 5.08. The quantitative estimate of drug-likeness (QED) is 0.845. The van der Waals surface area contributed by atoms with Gasteiger partial charge < -0.3 is 15.4 Å². The topological polar surface area (TPSA) is 67.4 Å². The fourth-order valence-corrected chi connectivity index (χ4v) is 2.17. The van der Waals surface area contributed by atoms with Gasteiger partial charge in [-0.3, -0.25) is 9.59 Å². The number of halogens is 1. The number of carbonyl (C=O) groups excluding carboxylic acids is 2. The lowest BCUT2D eigenvalue weighted by Gasteiger charge is -2.12. The van der Waals surface area contributed by atoms with Crippen molar-refractivity contribution in [3.8, 4) is 5.75 Å². The van der Waals surface area contributed by atoms with Gasteiger partial charge in [0.05, 0.1) is 12.8 Å². The molecule has 0 radical (unpaired) electrons. The summed E-state index contributed by atoms with van der Waals surface area (Å²) in [4.78, 5) is 24.0. The molecular formula is C17H17ClN2O3. The lowest BCUT2D eigenvalue weighted by atomic mass is 10.2. The number of carbonyl (C=O) groups is 2. The third kappa shape index (κ3) is 4.23. The number of aryl methyl sites for hydroxylation is 2. The molecule has 0 unspecified atom stereocenters. The zero-order valence-corrected chi connectivity index (χ0v) is 13.8. The summed E-state index contributed by atoms with van der Waals surface area (Å²) in [5.74, 6) is -1.16. The molecule has 2 amide bonds. The van der Waals surface area contributed by atoms with E-state index in [1.165, 1.54) is 7.11 Å². The average molecular weight is 333 g/mol. The van der Waals surface area contributed by atoms with Crippen LogP contribution < -0.4 is 15.4 Å². The van der Waals surface area contributed by atoms with Crippen LogP contribution in [-0.4, -0.2) is 18.9 Å². The van der Waals surface area contributed by atoms with Crippen LogP contribution in [0.3, 0.4) is 0 Å². The van der Waals surface area contributed by atoms with E-state index in [9.17, 15) is 9.59 Å². The van der Waals surface area contributed by atoms with E-state index in [2.05, 4.69) is 10.6 Å². The normalized spacial score (nSPS) is 10.1. The van der Waals surface area contributed by atoms with Crippen LogP contribution in [0.1, 0.15) is 11.1 Å². The maximum absolute atomic E-state index is 12.1. The molecule has 0 aromatic heterocycles. The van der Waals surface area contributed by atoms with Gasteiger partial charge in [0.15, 0.2) is 0 Å². The third-order valence-corrected chi connectivity index (χ3v) is 3.62. The zero-order chi connectivity index (χ0) is 17.0. The van der Waals surface area contributed by atoms with E-state index >= 15 is 0 Å². The number of hydrogen-bond donors (Lipinski definition) is 2. The first-order chi connectivity index (χ1) is 10.9. The number of ether oxygens (including phenoxy) is 1. The van der Waals surface area contributed by atoms with Crippen molar-refractivity contribution >= 4 is 34.8 Å². The van der Waals surface area contributed by atoms with E-state index < -0.39 is 11.8 Å². The molecule has 6 heteroatoms. The van der Waals surface area contributed by atoms with Crippen LogP contribution >= 0.6 is 11.6 Å². The van der Waals surface area contributed by atoms with Crippen LogP contribution in [0.2, 0.25) is 5.02 Å². The van der Waals surface area contributed by atoms with E-state index in [-0.39, 0.29) is 0 Å². The van der Waals surface area contributed by atoms with Crippen molar-refractivity contribution in [2.24, 2.45) is 0 Å². The molecule has 2 aromatic carbocycles. The van der Waals surface area contributed by atoms with Crippen LogP contribution in [0.4, 0.5) is 11.4 Å². The van der Waals surface area contributed by atoms with Crippen LogP contribution in [0.25, 0.3) is 0 Å². The molecule has 2 rings (SSSR count). The van der Waals surface area contributed by atoms with E-state index in [0.29, 0.717) is 22.1 Å². The molecule has 0 atom stereocenters. The predicted octanol–water partition coefficient (Wildman–Crippen LogP) is 3.54. The molecule has 0 saturated carbocycles. The number of methoxy groups -OCH3 is 1. The summed E-state index contributed by atoms with van der Waals surface area (Å²) in [7, 11) is 1.46. The molecular weight excluding hydrogens is 316 g/mol. The van der Waals surface area contributed by atoms with Crippen LogP contribution in [0.15, 0.2) is 36.4 Å². The van der Waals surface area contributed by atoms with Crippen molar-refractivity contribution in [2.45, 2.75) is 13.8 Å². The molecule has 5 nitrogen and oxygen atoms in total. The standard InChI is InChI=1S/C17H17ClN2O3/c1-10-5-4-6-12(7-10)19-16(21)17(22)20-14-8-11(2)13(18)9-15(14)23-3/h4-9H,1-3H3,(H,19,21)(H,20,22). The molecule has 2 N–H and O–H groups in total. The largest absolute Gasteiger partial charge is 0.495 e. The minimum atomic E-state index is -0.786. The fraction of sp³-hybridized carbons (Fsp3) is 0.176. The van der Waals surface area contributed by atoms with Gasteiger partial charge in [-0.25, -0.2) is 0 Å². The Bertz CT molecular complexity index is 759. The third-order valence-electron chi connectivity index (χ3n) is 3.21. The van der Waals surface area contributed by atoms with Gasteiger partial charge in [-0.1, -0.05) is 23.7 Å². The lowest BCUT2D eigenvalue weighted by molar-refractivity contribution is -0.133. The summed E-state index contributed by atoms with van der Waals surface area (Å²) in [6.07, 6.45) is 0. The van der Waals surface area contributed by atoms with Crippen molar-refractivity contribution in [3.63, 3.8) is 0 Å². The van der Waals surface area contributed by atoms with E-state index in [1.54, 1.807) is 37.3 Å². The van der Waals surface area contributed by atoms with E-state index in [4.69, 9.17) is 16.3 Å². The van der Waals surface area contributed by atoms with Crippen molar-refractivity contribution < 1.29 is 14.3 Å². The number of amides is 2. The summed E-state index contributed by atoms with van der Waals surface area (Å²) >= 11 is 6.01. The minimum absolute atomic E-state index is 0.386. The summed E-state index contributed by atoms with van der Waals surface area (Å²) in [5.41, 5.74) is 2.70. The molecule has 120 valence electrons. The van der Waals surface area contributed by atoms with Crippen molar-refractivity contribution in [3.05, 3.63) is 52.5 Å². The van der Waals surface area contributed by atoms with Crippen molar-refractivity contribution in [1.82, 2.24) is 0 Å². The maximum atomic E-state index is 12.1. The second kappa shape index (κ2) is 7.15. The first-order valence-electron chi connectivity index (χ1n) is 6.94. The van der Waals surface area contributed by atoms with Gasteiger partial charge in [0, 0.05) is 16.8 Å². The molecule has 0 aliphatic rings. The molecule has 0 heterocycles. The molecule has 0 aliphatic heterocycles. The smallest absolute Gasteiger partial charge is 0.314 e. The number of rotatable bonds is 3. The van der Waals surface area contributed by atoms with Gasteiger partial charge in [-0.05, 0) is 43.2 Å². The van der Waals surface area contributed by atoms with Crippen molar-refractivity contribution in [2.75, 3.05) is 17.7 Å². The summed E-state index contributed by atoms with van der Waals surface area (Å²) in [6, 6.07) is 10.4. The first-order valence-corrected chi connectivity index (χ1v) is 7.31. The first kappa shape index (κ1) is 16.8. The van der Waals surface area contributed by atoms with Gasteiger partial charge in [-0.15, -0.1) is 0 Å². The Balaban J connectivity index is 2.12. The summed E-state index contributed by atoms with van der Waals surface area (Å²) in [6.45, 7) is 3.70. The summed E-state index contributed by atoms with van der Waals surface area (Å²) < 4.78 is 5.16. The average Bonchev–Trinajstić information content (AvgIpc) is 2.50. The predicted molar refractivity (Wildman–Crippen MR) is 91.2 cm³/mol. The lowest BCUT2D eigenvalue weighted by Crippen LogP contribution is -2.29. The van der Waals surface area contributed by atoms with E-state index in [0.717, 1.165) is 11.1 Å². The van der Waals surface area contributed by atoms with Gasteiger partial charge in [-0.2, -0.15) is 0 Å². The SMILES string of the molecule is COc1cc(Cl)c(C)cc1NC(=O)C(=O)Nc1cccc(C)c1. The number of hydrogen-bond acceptors (Lipinski definition) is 3. The highest BCUT2D eigenvalue weighted by Crippen LogP contribution is 2.30. The van der Waals surface area contributed by atoms with Gasteiger partial charge in [0.2, 0.25) is 0 Å². The van der Waals surface area contributed by atoms with E-state index in [1.807, 2.05) is 13.0 Å². The molecule has 0 spiro atoms. The molecule has 23 heavy (non-hydrogen) atoms. The highest BCUT2D eigenvalue weighted by atomic mass is 35.5. The Morgan fingerprint density at radius 1 is 1.04 bits per heavy atom. The van der Waals surface area contributed by atoms with Crippen LogP contribution in [-0.2, 0) is 9.59 Å². The number of benzene rings is 2. The minimum Gasteiger partial charge on any atom is -0.495 e. The van der Waals surface area contributed by atoms with Gasteiger partial charge >= 0.3 is 11.8 Å². The Kier molecular flexibility index (Phi) is 5.24. The molecule has 0 fully saturated rings. The molecule has 0 bridgehead atoms. The Morgan fingerprint density at radius 2 is 1.74 bits per heavy atom.